The fourth-order valence-corrected chi connectivity index (χ4v) is 1.79. The van der Waals surface area contributed by atoms with Gasteiger partial charge in [0.15, 0.2) is 5.96 Å². The van der Waals surface area contributed by atoms with E-state index in [0.29, 0.717) is 32.0 Å². The van der Waals surface area contributed by atoms with Gasteiger partial charge in [-0.15, -0.1) is 24.0 Å². The van der Waals surface area contributed by atoms with Gasteiger partial charge < -0.3 is 20.1 Å². The first-order chi connectivity index (χ1) is 10.6. The van der Waals surface area contributed by atoms with Crippen LogP contribution in [0.3, 0.4) is 0 Å². The summed E-state index contributed by atoms with van der Waals surface area (Å²) in [6, 6.07) is 0. The quantitative estimate of drug-likeness (QED) is 0.236. The van der Waals surface area contributed by atoms with Crippen LogP contribution in [0.15, 0.2) is 4.99 Å². The second kappa shape index (κ2) is 13.0. The van der Waals surface area contributed by atoms with E-state index in [-0.39, 0.29) is 42.1 Å². The zero-order valence-electron chi connectivity index (χ0n) is 15.1. The number of guanidine groups is 1. The van der Waals surface area contributed by atoms with Crippen LogP contribution in [-0.2, 0) is 9.47 Å². The minimum atomic E-state index is -4.27. The van der Waals surface area contributed by atoms with Gasteiger partial charge in [-0.2, -0.15) is 13.2 Å². The highest BCUT2D eigenvalue weighted by Gasteiger charge is 2.27. The number of nitrogens with one attached hydrogen (secondary N) is 2. The van der Waals surface area contributed by atoms with Crippen molar-refractivity contribution >= 4 is 29.9 Å². The number of methoxy groups -OCH3 is 1. The fourth-order valence-electron chi connectivity index (χ4n) is 1.79. The zero-order chi connectivity index (χ0) is 17.9. The molecular weight excluding hydrogens is 438 g/mol. The SMILES string of the molecule is CCNC(=NCC(OC)C(C)(C)C)NCCCOCC(F)(F)F.I. The van der Waals surface area contributed by atoms with Crippen LogP contribution in [0.2, 0.25) is 0 Å². The average Bonchev–Trinajstić information content (AvgIpc) is 2.40. The molecule has 0 aliphatic carbocycles. The van der Waals surface area contributed by atoms with E-state index in [0.717, 1.165) is 0 Å². The van der Waals surface area contributed by atoms with E-state index >= 15 is 0 Å². The maximum absolute atomic E-state index is 11.9. The van der Waals surface area contributed by atoms with Gasteiger partial charge >= 0.3 is 6.18 Å². The van der Waals surface area contributed by atoms with Crippen LogP contribution in [0.1, 0.15) is 34.1 Å². The molecule has 0 amide bonds. The van der Waals surface area contributed by atoms with Gasteiger partial charge in [0.05, 0.1) is 12.6 Å². The molecule has 1 atom stereocenters. The molecule has 0 aromatic carbocycles. The smallest absolute Gasteiger partial charge is 0.379 e. The van der Waals surface area contributed by atoms with Crippen LogP contribution in [0, 0.1) is 5.41 Å². The zero-order valence-corrected chi connectivity index (χ0v) is 17.5. The maximum atomic E-state index is 11.9. The second-order valence-corrected chi connectivity index (χ2v) is 6.26. The molecule has 0 heterocycles. The largest absolute Gasteiger partial charge is 0.411 e. The molecule has 0 saturated heterocycles. The predicted octanol–water partition coefficient (Wildman–Crippen LogP) is 3.19. The van der Waals surface area contributed by atoms with Crippen molar-refractivity contribution < 1.29 is 22.6 Å². The lowest BCUT2D eigenvalue weighted by molar-refractivity contribution is -0.173. The lowest BCUT2D eigenvalue weighted by atomic mass is 9.89. The summed E-state index contributed by atoms with van der Waals surface area (Å²) in [5.74, 6) is 0.620. The Morgan fingerprint density at radius 3 is 2.25 bits per heavy atom. The normalized spacial score (nSPS) is 14.1. The van der Waals surface area contributed by atoms with Crippen molar-refractivity contribution in [2.75, 3.05) is 40.0 Å². The molecule has 0 bridgehead atoms. The molecular formula is C15H31F3IN3O2. The number of alkyl halides is 3. The van der Waals surface area contributed by atoms with Gasteiger partial charge in [0.25, 0.3) is 0 Å². The summed E-state index contributed by atoms with van der Waals surface area (Å²) < 4.78 is 45.8. The average molecular weight is 469 g/mol. The van der Waals surface area contributed by atoms with Crippen molar-refractivity contribution in [1.29, 1.82) is 0 Å². The first kappa shape index (κ1) is 25.9. The number of hydrogen-bond acceptors (Lipinski definition) is 3. The number of nitrogens with zero attached hydrogens (tertiary/aromatic N) is 1. The van der Waals surface area contributed by atoms with Crippen LogP contribution in [0.25, 0.3) is 0 Å². The topological polar surface area (TPSA) is 54.9 Å². The Morgan fingerprint density at radius 2 is 1.79 bits per heavy atom. The Labute approximate surface area is 160 Å². The summed E-state index contributed by atoms with van der Waals surface area (Å²) in [4.78, 5) is 4.46. The van der Waals surface area contributed by atoms with Crippen molar-refractivity contribution in [1.82, 2.24) is 10.6 Å². The maximum Gasteiger partial charge on any atom is 0.411 e. The van der Waals surface area contributed by atoms with Crippen LogP contribution >= 0.6 is 24.0 Å². The molecule has 5 nitrogen and oxygen atoms in total. The van der Waals surface area contributed by atoms with Crippen molar-refractivity contribution in [3.63, 3.8) is 0 Å². The van der Waals surface area contributed by atoms with Gasteiger partial charge in [-0.25, -0.2) is 0 Å². The fraction of sp³-hybridized carbons (Fsp3) is 0.933. The first-order valence-corrected chi connectivity index (χ1v) is 7.79. The number of ether oxygens (including phenoxy) is 2. The van der Waals surface area contributed by atoms with Crippen molar-refractivity contribution in [3.05, 3.63) is 0 Å². The van der Waals surface area contributed by atoms with E-state index in [1.54, 1.807) is 7.11 Å². The minimum absolute atomic E-state index is 0. The molecule has 0 radical (unpaired) electrons. The van der Waals surface area contributed by atoms with Gasteiger partial charge in [-0.05, 0) is 18.8 Å². The number of rotatable bonds is 9. The highest BCUT2D eigenvalue weighted by Crippen LogP contribution is 2.21. The third-order valence-corrected chi connectivity index (χ3v) is 3.03. The summed E-state index contributed by atoms with van der Waals surface area (Å²) in [6.07, 6.45) is -3.83. The van der Waals surface area contributed by atoms with Crippen LogP contribution in [0.4, 0.5) is 13.2 Å². The molecule has 0 aliphatic heterocycles. The van der Waals surface area contributed by atoms with Gasteiger partial charge in [0.2, 0.25) is 0 Å². The summed E-state index contributed by atoms with van der Waals surface area (Å²) in [7, 11) is 1.66. The third kappa shape index (κ3) is 14.1. The highest BCUT2D eigenvalue weighted by molar-refractivity contribution is 14.0. The van der Waals surface area contributed by atoms with E-state index < -0.39 is 12.8 Å². The van der Waals surface area contributed by atoms with Crippen LogP contribution < -0.4 is 10.6 Å². The molecule has 0 aromatic heterocycles. The Balaban J connectivity index is 0. The molecule has 0 rings (SSSR count). The standard InChI is InChI=1S/C15H30F3N3O2.HI/c1-6-19-13(21-10-12(22-5)14(2,3)4)20-8-7-9-23-11-15(16,17)18;/h12H,6-11H2,1-5H3,(H2,19,20,21);1H. The summed E-state index contributed by atoms with van der Waals surface area (Å²) in [6.45, 7) is 8.71. The summed E-state index contributed by atoms with van der Waals surface area (Å²) in [5.41, 5.74) is -0.0268. The van der Waals surface area contributed by atoms with E-state index in [1.807, 2.05) is 6.92 Å². The van der Waals surface area contributed by atoms with Crippen molar-refractivity contribution in [2.24, 2.45) is 10.4 Å². The van der Waals surface area contributed by atoms with E-state index in [2.05, 4.69) is 41.1 Å². The highest BCUT2D eigenvalue weighted by atomic mass is 127. The molecule has 0 spiro atoms. The van der Waals surface area contributed by atoms with Gasteiger partial charge in [0.1, 0.15) is 6.61 Å². The van der Waals surface area contributed by atoms with Gasteiger partial charge in [-0.1, -0.05) is 20.8 Å². The second-order valence-electron chi connectivity index (χ2n) is 6.26. The predicted molar refractivity (Wildman–Crippen MR) is 101 cm³/mol. The summed E-state index contributed by atoms with van der Waals surface area (Å²) >= 11 is 0. The molecule has 1 unspecified atom stereocenters. The molecule has 0 aromatic rings. The summed E-state index contributed by atoms with van der Waals surface area (Å²) in [5, 5.41) is 6.16. The van der Waals surface area contributed by atoms with Gasteiger partial charge in [-0.3, -0.25) is 4.99 Å². The Kier molecular flexibility index (Phi) is 14.0. The van der Waals surface area contributed by atoms with E-state index in [1.165, 1.54) is 0 Å². The van der Waals surface area contributed by atoms with Gasteiger partial charge in [0, 0.05) is 26.8 Å². The van der Waals surface area contributed by atoms with Crippen LogP contribution in [-0.4, -0.2) is 58.2 Å². The van der Waals surface area contributed by atoms with Crippen LogP contribution in [0.5, 0.6) is 0 Å². The molecule has 0 saturated carbocycles. The lowest BCUT2D eigenvalue weighted by Gasteiger charge is -2.28. The van der Waals surface area contributed by atoms with Crippen molar-refractivity contribution in [2.45, 2.75) is 46.4 Å². The third-order valence-electron chi connectivity index (χ3n) is 3.03. The molecule has 9 heteroatoms. The van der Waals surface area contributed by atoms with E-state index in [9.17, 15) is 13.2 Å². The number of hydrogen-bond donors (Lipinski definition) is 2. The first-order valence-electron chi connectivity index (χ1n) is 7.79. The number of halogens is 4. The molecule has 24 heavy (non-hydrogen) atoms. The molecule has 0 aliphatic rings. The Morgan fingerprint density at radius 1 is 1.17 bits per heavy atom. The molecule has 2 N–H and O–H groups in total. The minimum Gasteiger partial charge on any atom is -0.379 e. The molecule has 146 valence electrons. The Bertz CT molecular complexity index is 348. The molecule has 0 fully saturated rings. The monoisotopic (exact) mass is 469 g/mol. The Hall–Kier alpha value is -0.290. The lowest BCUT2D eigenvalue weighted by Crippen LogP contribution is -2.40. The number of aliphatic imine (C=N–C) groups is 1. The van der Waals surface area contributed by atoms with E-state index in [4.69, 9.17) is 4.74 Å². The van der Waals surface area contributed by atoms with Crippen molar-refractivity contribution in [3.8, 4) is 0 Å².